The molecule has 0 atom stereocenters. The second-order valence-electron chi connectivity index (χ2n) is 9.47. The predicted molar refractivity (Wildman–Crippen MR) is 135 cm³/mol. The van der Waals surface area contributed by atoms with E-state index in [9.17, 15) is 9.59 Å². The third-order valence-electron chi connectivity index (χ3n) is 7.57. The summed E-state index contributed by atoms with van der Waals surface area (Å²) in [6.07, 6.45) is 6.90. The van der Waals surface area contributed by atoms with Crippen LogP contribution >= 0.6 is 0 Å². The maximum Gasteiger partial charge on any atom is 0.253 e. The molecular weight excluding hydrogens is 472 g/mol. The molecule has 2 aliphatic rings. The first kappa shape index (κ1) is 23.0. The van der Waals surface area contributed by atoms with Gasteiger partial charge in [0.1, 0.15) is 5.75 Å². The first-order valence-corrected chi connectivity index (χ1v) is 12.2. The maximum absolute atomic E-state index is 13.6. The molecule has 2 fully saturated rings. The molecule has 2 aliphatic heterocycles. The summed E-state index contributed by atoms with van der Waals surface area (Å²) in [5.41, 5.74) is 3.59. The molecule has 6 rings (SSSR count). The van der Waals surface area contributed by atoms with E-state index in [4.69, 9.17) is 9.15 Å². The molecule has 1 N–H and O–H groups in total. The minimum Gasteiger partial charge on any atom is -0.496 e. The Bertz CT molecular complexity index is 1410. The summed E-state index contributed by atoms with van der Waals surface area (Å²) >= 11 is 0. The summed E-state index contributed by atoms with van der Waals surface area (Å²) in [4.78, 5) is 30.5. The first-order chi connectivity index (χ1) is 18.1. The Labute approximate surface area is 213 Å². The number of hydrogen-bond acceptors (Lipinski definition) is 7. The monoisotopic (exact) mass is 498 g/mol. The molecule has 2 saturated heterocycles. The van der Waals surface area contributed by atoms with Gasteiger partial charge in [0.2, 0.25) is 18.2 Å². The van der Waals surface area contributed by atoms with Gasteiger partial charge in [-0.15, -0.1) is 10.2 Å². The van der Waals surface area contributed by atoms with Crippen molar-refractivity contribution >= 4 is 17.5 Å². The lowest BCUT2D eigenvalue weighted by Gasteiger charge is -2.38. The van der Waals surface area contributed by atoms with E-state index in [0.717, 1.165) is 28.8 Å². The van der Waals surface area contributed by atoms with Gasteiger partial charge in [0.15, 0.2) is 0 Å². The van der Waals surface area contributed by atoms with Gasteiger partial charge in [-0.1, -0.05) is 0 Å². The van der Waals surface area contributed by atoms with Crippen molar-refractivity contribution in [1.82, 2.24) is 25.3 Å². The van der Waals surface area contributed by atoms with Crippen LogP contribution in [-0.2, 0) is 4.79 Å². The van der Waals surface area contributed by atoms with Gasteiger partial charge in [-0.25, -0.2) is 0 Å². The van der Waals surface area contributed by atoms with Gasteiger partial charge in [0.05, 0.1) is 18.7 Å². The zero-order chi connectivity index (χ0) is 25.4. The lowest BCUT2D eigenvalue weighted by Crippen LogP contribution is -2.46. The van der Waals surface area contributed by atoms with Gasteiger partial charge in [-0.2, -0.15) is 5.10 Å². The molecule has 0 radical (unpaired) electrons. The highest BCUT2D eigenvalue weighted by atomic mass is 16.5. The molecule has 4 aromatic rings. The number of nitrogens with zero attached hydrogens (tertiary/aromatic N) is 5. The van der Waals surface area contributed by atoms with Crippen LogP contribution in [0.25, 0.3) is 22.6 Å². The van der Waals surface area contributed by atoms with E-state index >= 15 is 0 Å². The normalized spacial score (nSPS) is 16.9. The van der Waals surface area contributed by atoms with E-state index < -0.39 is 5.41 Å². The Morgan fingerprint density at radius 2 is 1.84 bits per heavy atom. The molecule has 0 saturated carbocycles. The zero-order valence-electron chi connectivity index (χ0n) is 20.4. The molecular formula is C27H26N6O4. The SMILES string of the molecule is COc1cc(N2CCC3(CCN(C(=O)c4ccc(-c5nnco5)cc4)CC3)C2=O)ccc1-c1cn[nH]c1. The van der Waals surface area contributed by atoms with E-state index in [1.165, 1.54) is 6.39 Å². The number of amides is 2. The number of ether oxygens (including phenoxy) is 1. The predicted octanol–water partition coefficient (Wildman–Crippen LogP) is 3.79. The third kappa shape index (κ3) is 4.04. The molecule has 4 heterocycles. The first-order valence-electron chi connectivity index (χ1n) is 12.2. The number of piperidine rings is 1. The smallest absolute Gasteiger partial charge is 0.253 e. The van der Waals surface area contributed by atoms with E-state index in [2.05, 4.69) is 20.4 Å². The highest BCUT2D eigenvalue weighted by Gasteiger charge is 2.49. The van der Waals surface area contributed by atoms with Crippen molar-refractivity contribution in [2.75, 3.05) is 31.6 Å². The van der Waals surface area contributed by atoms with Crippen molar-refractivity contribution in [3.05, 3.63) is 66.8 Å². The summed E-state index contributed by atoms with van der Waals surface area (Å²) < 4.78 is 10.8. The van der Waals surface area contributed by atoms with Gasteiger partial charge >= 0.3 is 0 Å². The van der Waals surface area contributed by atoms with E-state index in [1.807, 2.05) is 34.2 Å². The summed E-state index contributed by atoms with van der Waals surface area (Å²) in [6, 6.07) is 13.0. The van der Waals surface area contributed by atoms with Crippen molar-refractivity contribution < 1.29 is 18.7 Å². The molecule has 10 heteroatoms. The molecule has 0 bridgehead atoms. The summed E-state index contributed by atoms with van der Waals surface area (Å²) in [6.45, 7) is 1.75. The van der Waals surface area contributed by atoms with Crippen LogP contribution in [-0.4, -0.2) is 63.9 Å². The van der Waals surface area contributed by atoms with Crippen LogP contribution in [0.4, 0.5) is 5.69 Å². The number of H-pyrrole nitrogens is 1. The molecule has 2 aromatic carbocycles. The maximum atomic E-state index is 13.6. The van der Waals surface area contributed by atoms with Crippen LogP contribution in [0.2, 0.25) is 0 Å². The Hall–Kier alpha value is -4.47. The quantitative estimate of drug-likeness (QED) is 0.445. The molecule has 188 valence electrons. The van der Waals surface area contributed by atoms with E-state index in [1.54, 1.807) is 37.6 Å². The number of nitrogens with one attached hydrogen (secondary N) is 1. The van der Waals surface area contributed by atoms with Crippen LogP contribution in [0.5, 0.6) is 5.75 Å². The lowest BCUT2D eigenvalue weighted by atomic mass is 9.77. The number of hydrogen-bond donors (Lipinski definition) is 1. The number of anilines is 1. The van der Waals surface area contributed by atoms with Crippen LogP contribution in [0.15, 0.2) is 65.7 Å². The number of rotatable bonds is 5. The average Bonchev–Trinajstić information content (AvgIpc) is 3.72. The Morgan fingerprint density at radius 3 is 2.51 bits per heavy atom. The summed E-state index contributed by atoms with van der Waals surface area (Å²) in [5.74, 6) is 1.20. The van der Waals surface area contributed by atoms with E-state index in [-0.39, 0.29) is 11.8 Å². The number of carbonyl (C=O) groups is 2. The average molecular weight is 499 g/mol. The molecule has 2 aromatic heterocycles. The third-order valence-corrected chi connectivity index (χ3v) is 7.57. The molecule has 0 aliphatic carbocycles. The number of methoxy groups -OCH3 is 1. The van der Waals surface area contributed by atoms with Crippen molar-refractivity contribution in [1.29, 1.82) is 0 Å². The Balaban J connectivity index is 1.13. The number of benzene rings is 2. The highest BCUT2D eigenvalue weighted by Crippen LogP contribution is 2.44. The Kier molecular flexibility index (Phi) is 5.71. The van der Waals surface area contributed by atoms with Crippen molar-refractivity contribution in [2.24, 2.45) is 5.41 Å². The van der Waals surface area contributed by atoms with Crippen LogP contribution < -0.4 is 9.64 Å². The Morgan fingerprint density at radius 1 is 1.05 bits per heavy atom. The number of aromatic nitrogens is 4. The zero-order valence-corrected chi connectivity index (χ0v) is 20.4. The second kappa shape index (κ2) is 9.20. The van der Waals surface area contributed by atoms with Gasteiger partial charge in [-0.05, 0) is 55.7 Å². The van der Waals surface area contributed by atoms with Crippen LogP contribution in [0.1, 0.15) is 29.6 Å². The number of carbonyl (C=O) groups excluding carboxylic acids is 2. The topological polar surface area (TPSA) is 117 Å². The standard InChI is InChI=1S/C27H26N6O4/c1-36-23-14-21(6-7-22(23)20-15-28-29-16-20)33-13-10-27(26(33)35)8-11-32(12-9-27)25(34)19-4-2-18(3-5-19)24-31-30-17-37-24/h2-7,14-17H,8-13H2,1H3,(H,28,29). The molecule has 2 amide bonds. The molecule has 1 spiro atoms. The largest absolute Gasteiger partial charge is 0.496 e. The van der Waals surface area contributed by atoms with Crippen molar-refractivity contribution in [2.45, 2.75) is 19.3 Å². The van der Waals surface area contributed by atoms with Gasteiger partial charge in [0.25, 0.3) is 5.91 Å². The van der Waals surface area contributed by atoms with Crippen molar-refractivity contribution in [3.8, 4) is 28.3 Å². The highest BCUT2D eigenvalue weighted by molar-refractivity contribution is 6.01. The summed E-state index contributed by atoms with van der Waals surface area (Å²) in [7, 11) is 1.63. The van der Waals surface area contributed by atoms with E-state index in [0.29, 0.717) is 49.7 Å². The fourth-order valence-corrected chi connectivity index (χ4v) is 5.39. The van der Waals surface area contributed by atoms with Crippen LogP contribution in [0.3, 0.4) is 0 Å². The van der Waals surface area contributed by atoms with Gasteiger partial charge < -0.3 is 19.0 Å². The number of likely N-dealkylation sites (tertiary alicyclic amines) is 1. The lowest BCUT2D eigenvalue weighted by molar-refractivity contribution is -0.127. The molecule has 37 heavy (non-hydrogen) atoms. The molecule has 10 nitrogen and oxygen atoms in total. The fourth-order valence-electron chi connectivity index (χ4n) is 5.39. The minimum absolute atomic E-state index is 0.0335. The van der Waals surface area contributed by atoms with Gasteiger partial charge in [-0.3, -0.25) is 14.7 Å². The fraction of sp³-hybridized carbons (Fsp3) is 0.296. The van der Waals surface area contributed by atoms with Crippen LogP contribution in [0, 0.1) is 5.41 Å². The van der Waals surface area contributed by atoms with Gasteiger partial charge in [0, 0.05) is 59.8 Å². The number of aromatic amines is 1. The molecule has 0 unspecified atom stereocenters. The second-order valence-corrected chi connectivity index (χ2v) is 9.47. The minimum atomic E-state index is -0.435. The summed E-state index contributed by atoms with van der Waals surface area (Å²) in [5, 5.41) is 14.4. The van der Waals surface area contributed by atoms with Crippen molar-refractivity contribution in [3.63, 3.8) is 0 Å².